The van der Waals surface area contributed by atoms with Crippen LogP contribution in [0, 0.1) is 11.9 Å². The molecule has 14 heavy (non-hydrogen) atoms. The molecule has 4 nitrogen and oxygen atoms in total. The summed E-state index contributed by atoms with van der Waals surface area (Å²) in [4.78, 5) is 8.83. The molecule has 76 valence electrons. The Hall–Kier alpha value is -1.30. The van der Waals surface area contributed by atoms with Crippen LogP contribution in [0.3, 0.4) is 0 Å². The van der Waals surface area contributed by atoms with E-state index in [1.54, 1.807) is 4.90 Å². The first kappa shape index (κ1) is 9.26. The van der Waals surface area contributed by atoms with Crippen molar-refractivity contribution in [3.05, 3.63) is 18.0 Å². The number of hydrogen-bond acceptors (Lipinski definition) is 4. The van der Waals surface area contributed by atoms with Gasteiger partial charge in [-0.05, 0) is 0 Å². The second-order valence-electron chi connectivity index (χ2n) is 3.05. The van der Waals surface area contributed by atoms with E-state index in [2.05, 4.69) is 15.3 Å². The van der Waals surface area contributed by atoms with Crippen LogP contribution < -0.4 is 10.2 Å². The largest absolute Gasteiger partial charge is 0.338 e. The molecule has 0 aliphatic carbocycles. The van der Waals surface area contributed by atoms with Gasteiger partial charge in [0.05, 0.1) is 0 Å². The summed E-state index contributed by atoms with van der Waals surface area (Å²) in [7, 11) is 0. The van der Waals surface area contributed by atoms with Gasteiger partial charge in [-0.2, -0.15) is 18.7 Å². The predicted octanol–water partition coefficient (Wildman–Crippen LogP) is 0.164. The van der Waals surface area contributed by atoms with Crippen LogP contribution in [0.5, 0.6) is 0 Å². The van der Waals surface area contributed by atoms with Gasteiger partial charge in [-0.1, -0.05) is 0 Å². The van der Waals surface area contributed by atoms with Gasteiger partial charge in [-0.3, -0.25) is 0 Å². The van der Waals surface area contributed by atoms with Crippen LogP contribution in [-0.2, 0) is 0 Å². The fourth-order valence-electron chi connectivity index (χ4n) is 1.39. The molecule has 1 aromatic rings. The molecule has 0 radical (unpaired) electrons. The number of nitrogens with zero attached hydrogens (tertiary/aromatic N) is 3. The van der Waals surface area contributed by atoms with E-state index in [0.29, 0.717) is 19.2 Å². The van der Waals surface area contributed by atoms with Crippen molar-refractivity contribution in [1.82, 2.24) is 15.3 Å². The number of aromatic nitrogens is 2. The van der Waals surface area contributed by atoms with Gasteiger partial charge >= 0.3 is 0 Å². The van der Waals surface area contributed by atoms with E-state index in [1.165, 1.54) is 0 Å². The van der Waals surface area contributed by atoms with Crippen molar-refractivity contribution in [2.45, 2.75) is 0 Å². The molecule has 0 saturated carbocycles. The summed E-state index contributed by atoms with van der Waals surface area (Å²) >= 11 is 0. The van der Waals surface area contributed by atoms with Crippen molar-refractivity contribution < 1.29 is 8.78 Å². The minimum Gasteiger partial charge on any atom is -0.338 e. The van der Waals surface area contributed by atoms with Crippen molar-refractivity contribution in [2.75, 3.05) is 31.1 Å². The third-order valence-corrected chi connectivity index (χ3v) is 2.05. The summed E-state index contributed by atoms with van der Waals surface area (Å²) in [6, 6.07) is 0.672. The topological polar surface area (TPSA) is 41.1 Å². The molecule has 0 unspecified atom stereocenters. The molecule has 0 atom stereocenters. The van der Waals surface area contributed by atoms with E-state index < -0.39 is 11.9 Å². The van der Waals surface area contributed by atoms with Crippen molar-refractivity contribution >= 4 is 5.95 Å². The molecule has 1 aliphatic rings. The number of rotatable bonds is 1. The van der Waals surface area contributed by atoms with E-state index in [4.69, 9.17) is 0 Å². The lowest BCUT2D eigenvalue weighted by atomic mass is 10.4. The fourth-order valence-corrected chi connectivity index (χ4v) is 1.39. The Bertz CT molecular complexity index is 305. The number of nitrogens with one attached hydrogen (secondary N) is 1. The van der Waals surface area contributed by atoms with Crippen molar-refractivity contribution in [3.8, 4) is 0 Å². The van der Waals surface area contributed by atoms with E-state index >= 15 is 0 Å². The quantitative estimate of drug-likeness (QED) is 0.656. The normalized spacial score (nSPS) is 17.1. The number of piperazine rings is 1. The fraction of sp³-hybridized carbons (Fsp3) is 0.500. The first-order valence-corrected chi connectivity index (χ1v) is 4.41. The molecule has 0 spiro atoms. The van der Waals surface area contributed by atoms with Crippen molar-refractivity contribution in [3.63, 3.8) is 0 Å². The van der Waals surface area contributed by atoms with Gasteiger partial charge in [0, 0.05) is 32.2 Å². The summed E-state index contributed by atoms with van der Waals surface area (Å²) in [5.41, 5.74) is 0. The Morgan fingerprint density at radius 3 is 2.29 bits per heavy atom. The van der Waals surface area contributed by atoms with Crippen LogP contribution in [0.1, 0.15) is 0 Å². The van der Waals surface area contributed by atoms with Gasteiger partial charge in [0.15, 0.2) is 0 Å². The van der Waals surface area contributed by atoms with Crippen LogP contribution in [-0.4, -0.2) is 36.1 Å². The Morgan fingerprint density at radius 2 is 1.71 bits per heavy atom. The maximum Gasteiger partial charge on any atom is 0.230 e. The summed E-state index contributed by atoms with van der Waals surface area (Å²) in [6.07, 6.45) is 0. The minimum absolute atomic E-state index is 0.129. The molecule has 2 heterocycles. The highest BCUT2D eigenvalue weighted by Gasteiger charge is 2.14. The average Bonchev–Trinajstić information content (AvgIpc) is 2.18. The van der Waals surface area contributed by atoms with Gasteiger partial charge in [-0.15, -0.1) is 0 Å². The Morgan fingerprint density at radius 1 is 1.14 bits per heavy atom. The number of hydrogen-bond donors (Lipinski definition) is 1. The zero-order valence-electron chi connectivity index (χ0n) is 7.50. The van der Waals surface area contributed by atoms with E-state index in [1.807, 2.05) is 0 Å². The molecule has 0 bridgehead atoms. The second kappa shape index (κ2) is 3.83. The molecule has 1 N–H and O–H groups in total. The molecule has 2 rings (SSSR count). The molecule has 0 aromatic carbocycles. The number of anilines is 1. The molecule has 0 amide bonds. The van der Waals surface area contributed by atoms with E-state index in [0.717, 1.165) is 13.1 Å². The molecular weight excluding hydrogens is 190 g/mol. The Balaban J connectivity index is 2.21. The van der Waals surface area contributed by atoms with Crippen LogP contribution >= 0.6 is 0 Å². The molecule has 1 aromatic heterocycles. The Kier molecular flexibility index (Phi) is 2.53. The highest BCUT2D eigenvalue weighted by molar-refractivity contribution is 5.29. The molecule has 1 fully saturated rings. The SMILES string of the molecule is Fc1cc(F)nc(N2CCNCC2)n1. The molecular formula is C8H10F2N4. The van der Waals surface area contributed by atoms with Crippen molar-refractivity contribution in [1.29, 1.82) is 0 Å². The van der Waals surface area contributed by atoms with Crippen LogP contribution in [0.15, 0.2) is 6.07 Å². The Labute approximate surface area is 80.0 Å². The van der Waals surface area contributed by atoms with E-state index in [-0.39, 0.29) is 5.95 Å². The smallest absolute Gasteiger partial charge is 0.230 e. The third-order valence-electron chi connectivity index (χ3n) is 2.05. The second-order valence-corrected chi connectivity index (χ2v) is 3.05. The molecule has 1 aliphatic heterocycles. The maximum absolute atomic E-state index is 12.7. The highest BCUT2D eigenvalue weighted by Crippen LogP contribution is 2.09. The standard InChI is InChI=1S/C8H10F2N4/c9-6-5-7(10)13-8(12-6)14-3-1-11-2-4-14/h5,11H,1-4H2. The maximum atomic E-state index is 12.7. The molecule has 6 heteroatoms. The lowest BCUT2D eigenvalue weighted by Gasteiger charge is -2.27. The van der Waals surface area contributed by atoms with Crippen molar-refractivity contribution in [2.24, 2.45) is 0 Å². The number of halogens is 2. The van der Waals surface area contributed by atoms with E-state index in [9.17, 15) is 8.78 Å². The first-order chi connectivity index (χ1) is 6.75. The average molecular weight is 200 g/mol. The summed E-state index contributed by atoms with van der Waals surface area (Å²) in [5.74, 6) is -1.53. The summed E-state index contributed by atoms with van der Waals surface area (Å²) in [6.45, 7) is 2.90. The monoisotopic (exact) mass is 200 g/mol. The van der Waals surface area contributed by atoms with Gasteiger partial charge in [0.2, 0.25) is 17.8 Å². The summed E-state index contributed by atoms with van der Waals surface area (Å²) in [5, 5.41) is 3.13. The lowest BCUT2D eigenvalue weighted by Crippen LogP contribution is -2.44. The predicted molar refractivity (Wildman–Crippen MR) is 47.0 cm³/mol. The van der Waals surface area contributed by atoms with Gasteiger partial charge in [0.1, 0.15) is 0 Å². The van der Waals surface area contributed by atoms with Crippen LogP contribution in [0.25, 0.3) is 0 Å². The van der Waals surface area contributed by atoms with Gasteiger partial charge < -0.3 is 10.2 Å². The van der Waals surface area contributed by atoms with Gasteiger partial charge in [0.25, 0.3) is 0 Å². The summed E-state index contributed by atoms with van der Waals surface area (Å²) < 4.78 is 25.5. The van der Waals surface area contributed by atoms with Crippen LogP contribution in [0.2, 0.25) is 0 Å². The van der Waals surface area contributed by atoms with Crippen LogP contribution in [0.4, 0.5) is 14.7 Å². The zero-order chi connectivity index (χ0) is 9.97. The lowest BCUT2D eigenvalue weighted by molar-refractivity contribution is 0.510. The third kappa shape index (κ3) is 1.95. The highest BCUT2D eigenvalue weighted by atomic mass is 19.1. The van der Waals surface area contributed by atoms with Gasteiger partial charge in [-0.25, -0.2) is 0 Å². The first-order valence-electron chi connectivity index (χ1n) is 4.41. The molecule has 1 saturated heterocycles. The zero-order valence-corrected chi connectivity index (χ0v) is 7.50. The minimum atomic E-state index is -0.828.